The topological polar surface area (TPSA) is 46.3 Å². The summed E-state index contributed by atoms with van der Waals surface area (Å²) in [7, 11) is 0. The van der Waals surface area contributed by atoms with Crippen LogP contribution < -0.4 is 5.73 Å². The fourth-order valence-electron chi connectivity index (χ4n) is 2.23. The maximum atomic E-state index is 12.5. The van der Waals surface area contributed by atoms with Crippen molar-refractivity contribution in [3.8, 4) is 0 Å². The van der Waals surface area contributed by atoms with Gasteiger partial charge in [0.25, 0.3) is 0 Å². The van der Waals surface area contributed by atoms with Gasteiger partial charge in [-0.15, -0.1) is 0 Å². The van der Waals surface area contributed by atoms with Crippen LogP contribution in [-0.4, -0.2) is 29.4 Å². The number of hydrogen-bond acceptors (Lipinski definition) is 2. The van der Waals surface area contributed by atoms with Gasteiger partial charge in [0.1, 0.15) is 0 Å². The van der Waals surface area contributed by atoms with Gasteiger partial charge >= 0.3 is 0 Å². The van der Waals surface area contributed by atoms with Gasteiger partial charge in [0, 0.05) is 12.6 Å². The number of amides is 1. The normalized spacial score (nSPS) is 14.9. The lowest BCUT2D eigenvalue weighted by Crippen LogP contribution is -2.51. The van der Waals surface area contributed by atoms with Crippen molar-refractivity contribution in [2.45, 2.75) is 72.9 Å². The standard InChI is InChI=1S/C15H32N2O/c1-7-12(6)14(16)15(18)17(10-11(4)5)13(8-2)9-3/h11-14H,7-10,16H2,1-6H3. The number of carbonyl (C=O) groups excluding carboxylic acids is 1. The SMILES string of the molecule is CCC(C)C(N)C(=O)N(CC(C)C)C(CC)CC. The molecule has 0 spiro atoms. The second kappa shape index (κ2) is 8.52. The molecular weight excluding hydrogens is 224 g/mol. The fraction of sp³-hybridized carbons (Fsp3) is 0.933. The Kier molecular flexibility index (Phi) is 8.25. The van der Waals surface area contributed by atoms with Crippen LogP contribution in [0.2, 0.25) is 0 Å². The van der Waals surface area contributed by atoms with Crippen molar-refractivity contribution in [2.24, 2.45) is 17.6 Å². The van der Waals surface area contributed by atoms with E-state index in [-0.39, 0.29) is 17.9 Å². The molecule has 0 rings (SSSR count). The first-order valence-electron chi connectivity index (χ1n) is 7.44. The second-order valence-corrected chi connectivity index (χ2v) is 5.77. The van der Waals surface area contributed by atoms with Crippen molar-refractivity contribution < 1.29 is 4.79 Å². The number of nitrogens with zero attached hydrogens (tertiary/aromatic N) is 1. The highest BCUT2D eigenvalue weighted by molar-refractivity contribution is 5.82. The summed E-state index contributed by atoms with van der Waals surface area (Å²) < 4.78 is 0. The van der Waals surface area contributed by atoms with Crippen LogP contribution >= 0.6 is 0 Å². The molecule has 0 aromatic heterocycles. The first-order valence-corrected chi connectivity index (χ1v) is 7.44. The monoisotopic (exact) mass is 256 g/mol. The van der Waals surface area contributed by atoms with Gasteiger partial charge in [-0.1, -0.05) is 48.0 Å². The highest BCUT2D eigenvalue weighted by Gasteiger charge is 2.28. The molecule has 2 atom stereocenters. The van der Waals surface area contributed by atoms with Crippen LogP contribution in [0.25, 0.3) is 0 Å². The zero-order valence-electron chi connectivity index (χ0n) is 13.1. The smallest absolute Gasteiger partial charge is 0.240 e. The first kappa shape index (κ1) is 17.4. The van der Waals surface area contributed by atoms with Crippen LogP contribution in [0, 0.1) is 11.8 Å². The van der Waals surface area contributed by atoms with Crippen molar-refractivity contribution in [2.75, 3.05) is 6.54 Å². The van der Waals surface area contributed by atoms with Crippen molar-refractivity contribution >= 4 is 5.91 Å². The Morgan fingerprint density at radius 3 is 1.89 bits per heavy atom. The number of carbonyl (C=O) groups is 1. The number of rotatable bonds is 8. The van der Waals surface area contributed by atoms with E-state index < -0.39 is 0 Å². The van der Waals surface area contributed by atoms with Gasteiger partial charge in [0.15, 0.2) is 0 Å². The molecule has 108 valence electrons. The minimum Gasteiger partial charge on any atom is -0.338 e. The van der Waals surface area contributed by atoms with Gasteiger partial charge in [-0.05, 0) is 24.7 Å². The zero-order chi connectivity index (χ0) is 14.3. The molecule has 3 nitrogen and oxygen atoms in total. The molecule has 0 aromatic carbocycles. The summed E-state index contributed by atoms with van der Waals surface area (Å²) in [5.74, 6) is 0.868. The van der Waals surface area contributed by atoms with Crippen LogP contribution in [0.4, 0.5) is 0 Å². The van der Waals surface area contributed by atoms with E-state index in [1.54, 1.807) is 0 Å². The van der Waals surface area contributed by atoms with Crippen molar-refractivity contribution in [1.29, 1.82) is 0 Å². The van der Waals surface area contributed by atoms with Crippen LogP contribution in [0.1, 0.15) is 60.8 Å². The van der Waals surface area contributed by atoms with Crippen molar-refractivity contribution in [1.82, 2.24) is 4.90 Å². The quantitative estimate of drug-likeness (QED) is 0.725. The van der Waals surface area contributed by atoms with Gasteiger partial charge < -0.3 is 10.6 Å². The Labute approximate surface area is 113 Å². The molecule has 0 radical (unpaired) electrons. The average molecular weight is 256 g/mol. The summed E-state index contributed by atoms with van der Waals surface area (Å²) in [6, 6.07) is -0.0237. The van der Waals surface area contributed by atoms with Gasteiger partial charge in [-0.3, -0.25) is 4.79 Å². The van der Waals surface area contributed by atoms with Crippen LogP contribution in [0.5, 0.6) is 0 Å². The molecule has 0 fully saturated rings. The van der Waals surface area contributed by atoms with E-state index in [2.05, 4.69) is 41.5 Å². The first-order chi connectivity index (χ1) is 8.38. The Morgan fingerprint density at radius 2 is 1.56 bits per heavy atom. The molecule has 0 bridgehead atoms. The highest BCUT2D eigenvalue weighted by Crippen LogP contribution is 2.16. The molecule has 18 heavy (non-hydrogen) atoms. The lowest BCUT2D eigenvalue weighted by Gasteiger charge is -2.35. The van der Waals surface area contributed by atoms with E-state index in [1.807, 2.05) is 4.90 Å². The maximum Gasteiger partial charge on any atom is 0.240 e. The summed E-state index contributed by atoms with van der Waals surface area (Å²) >= 11 is 0. The Bertz CT molecular complexity index is 237. The molecule has 0 aliphatic carbocycles. The average Bonchev–Trinajstić information content (AvgIpc) is 2.35. The molecule has 3 heteroatoms. The minimum atomic E-state index is -0.352. The summed E-state index contributed by atoms with van der Waals surface area (Å²) in [6.07, 6.45) is 2.95. The third kappa shape index (κ3) is 4.97. The minimum absolute atomic E-state index is 0.131. The van der Waals surface area contributed by atoms with E-state index >= 15 is 0 Å². The molecular formula is C15H32N2O. The second-order valence-electron chi connectivity index (χ2n) is 5.77. The van der Waals surface area contributed by atoms with E-state index in [0.717, 1.165) is 25.8 Å². The van der Waals surface area contributed by atoms with Crippen LogP contribution in [-0.2, 0) is 4.79 Å². The number of hydrogen-bond donors (Lipinski definition) is 1. The predicted molar refractivity (Wildman–Crippen MR) is 78.4 cm³/mol. The molecule has 0 aromatic rings. The molecule has 2 unspecified atom stereocenters. The van der Waals surface area contributed by atoms with Crippen LogP contribution in [0.15, 0.2) is 0 Å². The van der Waals surface area contributed by atoms with E-state index in [0.29, 0.717) is 12.0 Å². The largest absolute Gasteiger partial charge is 0.338 e. The third-order valence-electron chi connectivity index (χ3n) is 3.77. The van der Waals surface area contributed by atoms with E-state index in [1.165, 1.54) is 0 Å². The maximum absolute atomic E-state index is 12.5. The third-order valence-corrected chi connectivity index (χ3v) is 3.77. The van der Waals surface area contributed by atoms with Gasteiger partial charge in [0.05, 0.1) is 6.04 Å². The highest BCUT2D eigenvalue weighted by atomic mass is 16.2. The van der Waals surface area contributed by atoms with Gasteiger partial charge in [-0.2, -0.15) is 0 Å². The Hall–Kier alpha value is -0.570. The molecule has 0 saturated carbocycles. The van der Waals surface area contributed by atoms with Crippen molar-refractivity contribution in [3.05, 3.63) is 0 Å². The molecule has 0 aliphatic heterocycles. The summed E-state index contributed by atoms with van der Waals surface area (Å²) in [6.45, 7) is 13.5. The predicted octanol–water partition coefficient (Wildman–Crippen LogP) is 3.03. The van der Waals surface area contributed by atoms with E-state index in [9.17, 15) is 4.79 Å². The number of nitrogens with two attached hydrogens (primary N) is 1. The van der Waals surface area contributed by atoms with Crippen LogP contribution in [0.3, 0.4) is 0 Å². The molecule has 2 N–H and O–H groups in total. The summed E-state index contributed by atoms with van der Waals surface area (Å²) in [5, 5.41) is 0. The van der Waals surface area contributed by atoms with Crippen molar-refractivity contribution in [3.63, 3.8) is 0 Å². The molecule has 0 aliphatic rings. The van der Waals surface area contributed by atoms with Gasteiger partial charge in [0.2, 0.25) is 5.91 Å². The zero-order valence-corrected chi connectivity index (χ0v) is 13.1. The molecule has 1 amide bonds. The fourth-order valence-corrected chi connectivity index (χ4v) is 2.23. The lowest BCUT2D eigenvalue weighted by molar-refractivity contribution is -0.137. The Morgan fingerprint density at radius 1 is 1.06 bits per heavy atom. The molecule has 0 saturated heterocycles. The molecule has 0 heterocycles. The summed E-state index contributed by atoms with van der Waals surface area (Å²) in [5.41, 5.74) is 6.10. The Balaban J connectivity index is 4.88. The van der Waals surface area contributed by atoms with Gasteiger partial charge in [-0.25, -0.2) is 0 Å². The van der Waals surface area contributed by atoms with E-state index in [4.69, 9.17) is 5.73 Å². The lowest BCUT2D eigenvalue weighted by atomic mass is 9.97. The summed E-state index contributed by atoms with van der Waals surface area (Å²) in [4.78, 5) is 14.6.